The fourth-order valence-corrected chi connectivity index (χ4v) is 1.94. The fourth-order valence-electron chi connectivity index (χ4n) is 1.94. The summed E-state index contributed by atoms with van der Waals surface area (Å²) in [5, 5.41) is 8.84. The lowest BCUT2D eigenvalue weighted by molar-refractivity contribution is -0.266. The Bertz CT molecular complexity index is 570. The normalized spacial score (nSPS) is 17.5. The summed E-state index contributed by atoms with van der Waals surface area (Å²) < 4.78 is 24.4. The van der Waals surface area contributed by atoms with Crippen molar-refractivity contribution in [3.05, 3.63) is 71.8 Å². The van der Waals surface area contributed by atoms with E-state index in [0.717, 1.165) is 12.0 Å². The first kappa shape index (κ1) is 19.1. The first-order chi connectivity index (χ1) is 10.9. The van der Waals surface area contributed by atoms with Gasteiger partial charge in [0.2, 0.25) is 0 Å². The van der Waals surface area contributed by atoms with E-state index in [-0.39, 0.29) is 11.6 Å². The third-order valence-corrected chi connectivity index (χ3v) is 3.24. The molecule has 1 N–H and O–H groups in total. The zero-order valence-corrected chi connectivity index (χ0v) is 14.0. The van der Waals surface area contributed by atoms with Gasteiger partial charge in [-0.25, -0.2) is 4.39 Å². The Hall–Kier alpha value is -1.91. The molecular formula is C19H25FO3. The smallest absolute Gasteiger partial charge is 0.194 e. The van der Waals surface area contributed by atoms with Crippen LogP contribution in [0.2, 0.25) is 0 Å². The Labute approximate surface area is 137 Å². The minimum absolute atomic E-state index is 0.276. The van der Waals surface area contributed by atoms with E-state index >= 15 is 0 Å². The molecule has 1 fully saturated rings. The average molecular weight is 320 g/mol. The lowest BCUT2D eigenvalue weighted by atomic mass is 10.1. The van der Waals surface area contributed by atoms with Crippen LogP contribution in [0.5, 0.6) is 0 Å². The molecule has 1 aromatic rings. The number of aliphatic hydroxyl groups excluding tert-OH is 1. The summed E-state index contributed by atoms with van der Waals surface area (Å²) in [4.78, 5) is 0. The van der Waals surface area contributed by atoms with Gasteiger partial charge in [-0.05, 0) is 45.4 Å². The third kappa shape index (κ3) is 6.38. The van der Waals surface area contributed by atoms with E-state index in [1.165, 1.54) is 6.07 Å². The molecule has 1 aliphatic heterocycles. The van der Waals surface area contributed by atoms with Crippen LogP contribution in [0, 0.1) is 5.82 Å². The van der Waals surface area contributed by atoms with E-state index in [4.69, 9.17) is 14.6 Å². The Balaban J connectivity index is 0.000000257. The van der Waals surface area contributed by atoms with E-state index in [0.29, 0.717) is 18.8 Å². The third-order valence-electron chi connectivity index (χ3n) is 3.24. The molecule has 0 saturated carbocycles. The monoisotopic (exact) mass is 320 g/mol. The van der Waals surface area contributed by atoms with Crippen molar-refractivity contribution in [2.24, 2.45) is 0 Å². The Morgan fingerprint density at radius 3 is 2.39 bits per heavy atom. The second kappa shape index (κ2) is 9.28. The minimum atomic E-state index is -0.913. The van der Waals surface area contributed by atoms with Crippen LogP contribution in [-0.4, -0.2) is 18.3 Å². The number of allylic oxidation sites excluding steroid dienone is 4. The van der Waals surface area contributed by atoms with Crippen LogP contribution < -0.4 is 0 Å². The van der Waals surface area contributed by atoms with Crippen LogP contribution in [0.3, 0.4) is 0 Å². The first-order valence-corrected chi connectivity index (χ1v) is 7.61. The van der Waals surface area contributed by atoms with Crippen molar-refractivity contribution in [2.75, 3.05) is 13.2 Å². The molecule has 0 atom stereocenters. The molecule has 0 unspecified atom stereocenters. The van der Waals surface area contributed by atoms with Crippen molar-refractivity contribution in [1.82, 2.24) is 0 Å². The highest BCUT2D eigenvalue weighted by Crippen LogP contribution is 2.31. The number of rotatable bonds is 3. The molecule has 0 bridgehead atoms. The van der Waals surface area contributed by atoms with Gasteiger partial charge in [0.05, 0.1) is 13.2 Å². The quantitative estimate of drug-likeness (QED) is 0.628. The molecule has 23 heavy (non-hydrogen) atoms. The van der Waals surface area contributed by atoms with Gasteiger partial charge in [-0.3, -0.25) is 0 Å². The van der Waals surface area contributed by atoms with Gasteiger partial charge in [-0.2, -0.15) is 0 Å². The summed E-state index contributed by atoms with van der Waals surface area (Å²) in [6.45, 7) is 10.3. The molecular weight excluding hydrogens is 295 g/mol. The largest absolute Gasteiger partial charge is 0.508 e. The second-order valence-electron chi connectivity index (χ2n) is 5.37. The van der Waals surface area contributed by atoms with E-state index in [1.54, 1.807) is 50.3 Å². The molecule has 1 saturated heterocycles. The Morgan fingerprint density at radius 2 is 1.87 bits per heavy atom. The molecule has 0 aromatic heterocycles. The molecule has 2 rings (SSSR count). The van der Waals surface area contributed by atoms with Crippen molar-refractivity contribution in [2.45, 2.75) is 33.0 Å². The number of hydrogen-bond acceptors (Lipinski definition) is 3. The Morgan fingerprint density at radius 1 is 1.26 bits per heavy atom. The van der Waals surface area contributed by atoms with E-state index in [9.17, 15) is 4.39 Å². The maximum Gasteiger partial charge on any atom is 0.194 e. The zero-order valence-electron chi connectivity index (χ0n) is 14.0. The highest BCUT2D eigenvalue weighted by Gasteiger charge is 2.33. The molecule has 126 valence electrons. The molecule has 0 spiro atoms. The van der Waals surface area contributed by atoms with Gasteiger partial charge in [0.1, 0.15) is 11.6 Å². The topological polar surface area (TPSA) is 38.7 Å². The van der Waals surface area contributed by atoms with Gasteiger partial charge in [-0.1, -0.05) is 36.4 Å². The van der Waals surface area contributed by atoms with Gasteiger partial charge >= 0.3 is 0 Å². The van der Waals surface area contributed by atoms with Crippen molar-refractivity contribution in [3.63, 3.8) is 0 Å². The van der Waals surface area contributed by atoms with Crippen molar-refractivity contribution in [1.29, 1.82) is 0 Å². The highest BCUT2D eigenvalue weighted by molar-refractivity contribution is 5.22. The van der Waals surface area contributed by atoms with Crippen LogP contribution in [0.4, 0.5) is 4.39 Å². The standard InChI is InChI=1S/C11H13FO2.C8H12O/c1-11(13-7-4-8-14-11)9-5-2-3-6-10(9)12;1-4-8(9)6-5-7(2)3/h2-3,5-6H,4,7-8H2,1H3;4-6,9H,2H2,1,3H3/b;6-5-,8-4+. The first-order valence-electron chi connectivity index (χ1n) is 7.61. The second-order valence-corrected chi connectivity index (χ2v) is 5.37. The predicted molar refractivity (Wildman–Crippen MR) is 90.6 cm³/mol. The van der Waals surface area contributed by atoms with Crippen LogP contribution in [-0.2, 0) is 15.3 Å². The summed E-state index contributed by atoms with van der Waals surface area (Å²) in [6.07, 6.45) is 5.86. The summed E-state index contributed by atoms with van der Waals surface area (Å²) in [7, 11) is 0. The van der Waals surface area contributed by atoms with Crippen LogP contribution in [0.15, 0.2) is 60.4 Å². The van der Waals surface area contributed by atoms with E-state index < -0.39 is 5.79 Å². The minimum Gasteiger partial charge on any atom is -0.508 e. The lowest BCUT2D eigenvalue weighted by Gasteiger charge is -2.34. The number of benzene rings is 1. The van der Waals surface area contributed by atoms with E-state index in [2.05, 4.69) is 6.58 Å². The zero-order chi connectivity index (χ0) is 17.3. The van der Waals surface area contributed by atoms with E-state index in [1.807, 2.05) is 6.92 Å². The van der Waals surface area contributed by atoms with Crippen molar-refractivity contribution < 1.29 is 19.0 Å². The predicted octanol–water partition coefficient (Wildman–Crippen LogP) is 5.02. The van der Waals surface area contributed by atoms with Gasteiger partial charge in [0, 0.05) is 5.56 Å². The molecule has 0 radical (unpaired) electrons. The Kier molecular flexibility index (Phi) is 7.72. The lowest BCUT2D eigenvalue weighted by Crippen LogP contribution is -2.35. The molecule has 1 heterocycles. The van der Waals surface area contributed by atoms with Crippen molar-refractivity contribution >= 4 is 0 Å². The van der Waals surface area contributed by atoms with Gasteiger partial charge in [0.25, 0.3) is 0 Å². The molecule has 0 aliphatic carbocycles. The summed E-state index contributed by atoms with van der Waals surface area (Å²) >= 11 is 0. The van der Waals surface area contributed by atoms with Crippen LogP contribution in [0.25, 0.3) is 0 Å². The van der Waals surface area contributed by atoms with Crippen molar-refractivity contribution in [3.8, 4) is 0 Å². The molecule has 1 aromatic carbocycles. The molecule has 3 nitrogen and oxygen atoms in total. The fraction of sp³-hybridized carbons (Fsp3) is 0.368. The van der Waals surface area contributed by atoms with Crippen LogP contribution >= 0.6 is 0 Å². The summed E-state index contributed by atoms with van der Waals surface area (Å²) in [5.74, 6) is -0.918. The van der Waals surface area contributed by atoms with Crippen LogP contribution in [0.1, 0.15) is 32.8 Å². The summed E-state index contributed by atoms with van der Waals surface area (Å²) in [5.41, 5.74) is 1.41. The molecule has 4 heteroatoms. The highest BCUT2D eigenvalue weighted by atomic mass is 19.1. The number of ether oxygens (including phenoxy) is 2. The maximum absolute atomic E-state index is 13.5. The number of halogens is 1. The maximum atomic E-state index is 13.5. The molecule has 1 aliphatic rings. The van der Waals surface area contributed by atoms with Gasteiger partial charge < -0.3 is 14.6 Å². The van der Waals surface area contributed by atoms with Gasteiger partial charge in [-0.15, -0.1) is 0 Å². The average Bonchev–Trinajstić information content (AvgIpc) is 2.54. The SMILES string of the molecule is C=C(C)/C=C\C(O)=C/C.CC1(c2ccccc2F)OCCCO1. The number of aliphatic hydroxyl groups is 1. The molecule has 0 amide bonds. The summed E-state index contributed by atoms with van der Waals surface area (Å²) in [6, 6.07) is 6.55. The number of hydrogen-bond donors (Lipinski definition) is 1. The van der Waals surface area contributed by atoms with Gasteiger partial charge in [0.15, 0.2) is 5.79 Å².